The van der Waals surface area contributed by atoms with Gasteiger partial charge in [-0.15, -0.1) is 52.6 Å². The molecule has 0 bridgehead atoms. The Labute approximate surface area is 851 Å². The lowest BCUT2D eigenvalue weighted by atomic mass is 10.1. The summed E-state index contributed by atoms with van der Waals surface area (Å²) in [6.45, 7) is 39.2. The average Bonchev–Trinajstić information content (AvgIpc) is 0.960. The van der Waals surface area contributed by atoms with Crippen LogP contribution >= 0.6 is 0 Å². The summed E-state index contributed by atoms with van der Waals surface area (Å²) in [5.74, 6) is -1.52. The molecule has 0 aromatic heterocycles. The number of nitriles is 1. The van der Waals surface area contributed by atoms with Crippen molar-refractivity contribution in [3.63, 3.8) is 0 Å². The van der Waals surface area contributed by atoms with Gasteiger partial charge in [-0.1, -0.05) is 217 Å². The molecular formula is C110H211N3O27. The van der Waals surface area contributed by atoms with E-state index in [4.69, 9.17) is 108 Å². The van der Waals surface area contributed by atoms with Gasteiger partial charge in [0.1, 0.15) is 19.6 Å². The van der Waals surface area contributed by atoms with E-state index in [1.54, 1.807) is 6.08 Å². The van der Waals surface area contributed by atoms with Crippen LogP contribution in [0.25, 0.3) is 0 Å². The first-order chi connectivity index (χ1) is 68.0. The number of aliphatic hydroxyl groups is 8. The number of aliphatic carboxylic acids is 1. The number of nitrogens with zero attached hydrogens (tertiary/aromatic N) is 1. The van der Waals surface area contributed by atoms with Crippen LogP contribution in [0, 0.1) is 17.2 Å². The van der Waals surface area contributed by atoms with E-state index in [1.165, 1.54) is 174 Å². The number of carboxylic acids is 1. The molecule has 0 saturated carbocycles. The minimum atomic E-state index is -0.899. The van der Waals surface area contributed by atoms with Crippen molar-refractivity contribution in [2.75, 3.05) is 192 Å². The Balaban J connectivity index is -0.000000201. The van der Waals surface area contributed by atoms with Gasteiger partial charge >= 0.3 is 17.9 Å². The van der Waals surface area contributed by atoms with Gasteiger partial charge in [0.15, 0.2) is 0 Å². The van der Waals surface area contributed by atoms with E-state index in [0.717, 1.165) is 161 Å². The highest BCUT2D eigenvalue weighted by molar-refractivity contribution is 5.76. The number of hydrogen-bond acceptors (Lipinski definition) is 27. The number of carbonyl (C=O) groups excluding carboxylic acids is 4. The molecule has 0 rings (SSSR count). The summed E-state index contributed by atoms with van der Waals surface area (Å²) in [5.41, 5.74) is 0. The number of allylic oxidation sites excluding steroid dienone is 7. The van der Waals surface area contributed by atoms with Crippen molar-refractivity contribution in [1.82, 2.24) is 10.6 Å². The minimum Gasteiger partial charge on any atom is -0.481 e. The van der Waals surface area contributed by atoms with E-state index in [-0.39, 0.29) is 162 Å². The molecule has 0 aliphatic carbocycles. The van der Waals surface area contributed by atoms with Crippen LogP contribution < -0.4 is 10.6 Å². The lowest BCUT2D eigenvalue weighted by Gasteiger charge is -2.18. The van der Waals surface area contributed by atoms with Crippen LogP contribution in [0.2, 0.25) is 0 Å². The van der Waals surface area contributed by atoms with Crippen LogP contribution in [0.1, 0.15) is 355 Å². The van der Waals surface area contributed by atoms with E-state index >= 15 is 0 Å². The first-order valence-electron chi connectivity index (χ1n) is 52.5. The lowest BCUT2D eigenvalue weighted by Crippen LogP contribution is -2.29. The molecule has 0 aromatic carbocycles. The molecular weight excluding hydrogens is 1800 g/mol. The van der Waals surface area contributed by atoms with Crippen LogP contribution in [-0.4, -0.2) is 286 Å². The van der Waals surface area contributed by atoms with Crippen LogP contribution in [0.3, 0.4) is 0 Å². The van der Waals surface area contributed by atoms with Crippen molar-refractivity contribution in [2.24, 2.45) is 5.92 Å². The molecule has 0 aliphatic heterocycles. The van der Waals surface area contributed by atoms with Crippen molar-refractivity contribution in [2.45, 2.75) is 373 Å². The molecule has 3 unspecified atom stereocenters. The second-order valence-electron chi connectivity index (χ2n) is 33.1. The Morgan fingerprint density at radius 1 is 0.307 bits per heavy atom. The van der Waals surface area contributed by atoms with Gasteiger partial charge in [0.05, 0.1) is 189 Å². The molecule has 828 valence electrons. The zero-order valence-corrected chi connectivity index (χ0v) is 87.7. The van der Waals surface area contributed by atoms with E-state index in [2.05, 4.69) is 74.1 Å². The van der Waals surface area contributed by atoms with Gasteiger partial charge < -0.3 is 118 Å². The predicted molar refractivity (Wildman–Crippen MR) is 567 cm³/mol. The third-order valence-corrected chi connectivity index (χ3v) is 20.2. The second kappa shape index (κ2) is 146. The van der Waals surface area contributed by atoms with E-state index in [1.807, 2.05) is 49.5 Å². The van der Waals surface area contributed by atoms with Gasteiger partial charge in [-0.05, 0) is 155 Å². The molecule has 0 heterocycles. The molecule has 0 saturated heterocycles. The van der Waals surface area contributed by atoms with E-state index < -0.39 is 12.1 Å². The Morgan fingerprint density at radius 3 is 0.950 bits per heavy atom. The Bertz CT molecular complexity index is 2550. The number of unbranched alkanes of at least 4 members (excludes halogenated alkanes) is 38. The molecule has 0 spiro atoms. The van der Waals surface area contributed by atoms with Crippen molar-refractivity contribution in [3.8, 4) is 6.07 Å². The smallest absolute Gasteiger partial charge is 0.310 e. The SMILES string of the molecule is C.C=CCC(CCOCCO)OCCO.C=CCCCCC(COCCO)OCCO.C=CCCCCCCCCC(=O)NCOCCC(=O)O.C=CCCCCCCCCC(=O)NCOCCO.C=CCCCCCCCCCC(=O)OC(COCCO)COCCO.C=CCCCCCCCCCOCCO.C=CCCCCCCCOCC(C)C(=O)OC.C=CCCCCCCCOCCC#N. The lowest BCUT2D eigenvalue weighted by molar-refractivity contribution is -0.156. The molecule has 11 N–H and O–H groups in total. The normalized spacial score (nSPS) is 11.0. The number of rotatable bonds is 101. The quantitative estimate of drug-likeness (QED) is 0.0117. The number of methoxy groups -OCH3 is 1. The van der Waals surface area contributed by atoms with Gasteiger partial charge in [0, 0.05) is 45.7 Å². The summed E-state index contributed by atoms with van der Waals surface area (Å²) < 4.78 is 67.3. The fourth-order valence-corrected chi connectivity index (χ4v) is 12.5. The highest BCUT2D eigenvalue weighted by Gasteiger charge is 2.17. The van der Waals surface area contributed by atoms with Crippen LogP contribution in [0.4, 0.5) is 0 Å². The summed E-state index contributed by atoms with van der Waals surface area (Å²) in [6.07, 6.45) is 72.3. The topological polar surface area (TPSA) is 435 Å². The Morgan fingerprint density at radius 2 is 0.600 bits per heavy atom. The number of nitrogens with one attached hydrogen (secondary N) is 2. The van der Waals surface area contributed by atoms with E-state index in [0.29, 0.717) is 85.1 Å². The van der Waals surface area contributed by atoms with Gasteiger partial charge in [0.25, 0.3) is 0 Å². The molecule has 30 heteroatoms. The predicted octanol–water partition coefficient (Wildman–Crippen LogP) is 20.0. The maximum Gasteiger partial charge on any atom is 0.310 e. The van der Waals surface area contributed by atoms with E-state index in [9.17, 15) is 24.0 Å². The molecule has 30 nitrogen and oxygen atoms in total. The fraction of sp³-hybridized carbons (Fsp3) is 0.800. The van der Waals surface area contributed by atoms with Gasteiger partial charge in [-0.2, -0.15) is 5.26 Å². The zero-order chi connectivity index (χ0) is 104. The first kappa shape index (κ1) is 152. The highest BCUT2D eigenvalue weighted by Crippen LogP contribution is 2.16. The molecule has 3 atom stereocenters. The van der Waals surface area contributed by atoms with Crippen molar-refractivity contribution in [3.05, 3.63) is 101 Å². The standard InChI is InChI=1S/C19H36O6.C15H27NO4.C14H27NO3.C14H26O3.C13H26O2.C12H21NO.C12H24O4.C10H20O4.CH4/c1-2-3-4-5-6-7-8-9-10-11-19(22)25-18(16-23-14-12-20)17-24-15-13-21;1-2-3-4-5-6-7-8-9-10-14(17)16-13-20-12-11-15(18)19;1-2-3-4-5-6-7-8-9-10-14(17)15-13-18-12-11-16;1-4-5-6-7-8-9-10-11-17-12-13(2)14(15)16-3;1-2-3-4-5-6-7-8-9-10-12-15-13-11-14;1-2-3-4-5-6-7-8-11-14-12-9-10-13;1-2-3-4-5-6-12(16-10-8-14)11-15-9-7-13;1-2-3-10(14-9-6-12)4-7-13-8-5-11;/h2,18,20-21H,1,3-17H2;2H,1,3-13H2,(H,16,17)(H,18,19);2,16H,1,3-13H2,(H,15,17);4,13H,1,5-12H2,2-3H3;2,14H,1,3-13H2;2H,1,3-9,11-12H2;2,12-14H,1,3-11H2;2,10-12H,1,3-9H2;1H4. The average molecular weight is 2010 g/mol. The Kier molecular flexibility index (Phi) is 158. The zero-order valence-electron chi connectivity index (χ0n) is 87.7. The monoisotopic (exact) mass is 2010 g/mol. The third-order valence-electron chi connectivity index (χ3n) is 20.2. The first-order valence-corrected chi connectivity index (χ1v) is 52.5. The van der Waals surface area contributed by atoms with Crippen LogP contribution in [-0.2, 0) is 85.6 Å². The van der Waals surface area contributed by atoms with Gasteiger partial charge in [-0.3, -0.25) is 24.0 Å². The molecule has 0 fully saturated rings. The van der Waals surface area contributed by atoms with Crippen molar-refractivity contribution < 1.29 is 132 Å². The van der Waals surface area contributed by atoms with Crippen LogP contribution in [0.15, 0.2) is 101 Å². The maximum absolute atomic E-state index is 11.9. The highest BCUT2D eigenvalue weighted by atomic mass is 16.6. The summed E-state index contributed by atoms with van der Waals surface area (Å²) in [4.78, 5) is 55.9. The van der Waals surface area contributed by atoms with Gasteiger partial charge in [-0.25, -0.2) is 0 Å². The molecule has 0 aromatic rings. The summed E-state index contributed by atoms with van der Waals surface area (Å²) in [5, 5.41) is 90.6. The number of carboxylic acid groups (broad SMARTS) is 1. The molecule has 2 amide bonds. The number of ether oxygens (including phenoxy) is 13. The minimum absolute atomic E-state index is 0. The molecule has 0 aliphatic rings. The summed E-state index contributed by atoms with van der Waals surface area (Å²) in [6, 6.07) is 2.06. The van der Waals surface area contributed by atoms with Crippen LogP contribution in [0.5, 0.6) is 0 Å². The van der Waals surface area contributed by atoms with Gasteiger partial charge in [0.2, 0.25) is 11.8 Å². The largest absolute Gasteiger partial charge is 0.481 e. The summed E-state index contributed by atoms with van der Waals surface area (Å²) >= 11 is 0. The Hall–Kier alpha value is -6.00. The third kappa shape index (κ3) is 155. The van der Waals surface area contributed by atoms with Crippen molar-refractivity contribution >= 4 is 29.7 Å². The molecule has 140 heavy (non-hydrogen) atoms. The van der Waals surface area contributed by atoms with Crippen molar-refractivity contribution in [1.29, 1.82) is 5.26 Å². The number of esters is 2. The fourth-order valence-electron chi connectivity index (χ4n) is 12.5. The maximum atomic E-state index is 11.9. The number of carbonyl (C=O) groups is 5. The second-order valence-corrected chi connectivity index (χ2v) is 33.1. The number of aliphatic hydroxyl groups excluding tert-OH is 8. The number of amides is 2. The molecule has 0 radical (unpaired) electrons. The number of hydrogen-bond donors (Lipinski definition) is 11. The summed E-state index contributed by atoms with van der Waals surface area (Å²) in [7, 11) is 1.40.